The molecule has 0 saturated carbocycles. The van der Waals surface area contributed by atoms with E-state index >= 15 is 0 Å². The molecule has 33 heavy (non-hydrogen) atoms. The average molecular weight is 453 g/mol. The number of fused-ring (bicyclic) bond motifs is 1. The summed E-state index contributed by atoms with van der Waals surface area (Å²) in [4.78, 5) is 21.6. The third kappa shape index (κ3) is 4.39. The molecular formula is C24H25F2N5O2. The summed E-state index contributed by atoms with van der Waals surface area (Å²) in [6, 6.07) is 3.51. The van der Waals surface area contributed by atoms with E-state index in [1.807, 2.05) is 20.0 Å². The van der Waals surface area contributed by atoms with Crippen molar-refractivity contribution in [1.82, 2.24) is 19.7 Å². The van der Waals surface area contributed by atoms with Crippen molar-refractivity contribution in [2.75, 3.05) is 12.0 Å². The zero-order valence-corrected chi connectivity index (χ0v) is 19.3. The highest BCUT2D eigenvalue weighted by atomic mass is 19.1. The molecule has 0 aliphatic carbocycles. The number of nitrogens with zero attached hydrogens (tertiary/aromatic N) is 5. The zero-order chi connectivity index (χ0) is 24.3. The monoisotopic (exact) mass is 453 g/mol. The number of hydrogen-bond acceptors (Lipinski definition) is 5. The van der Waals surface area contributed by atoms with Crippen LogP contribution in [0.3, 0.4) is 0 Å². The number of ether oxygens (including phenoxy) is 1. The Bertz CT molecular complexity index is 1300. The number of methoxy groups -OCH3 is 1. The number of pyridine rings is 2. The van der Waals surface area contributed by atoms with Crippen LogP contribution in [0.2, 0.25) is 0 Å². The molecule has 4 aromatic rings. The van der Waals surface area contributed by atoms with Gasteiger partial charge in [-0.15, -0.1) is 0 Å². The maximum absolute atomic E-state index is 14.6. The van der Waals surface area contributed by atoms with E-state index in [0.717, 1.165) is 22.9 Å². The summed E-state index contributed by atoms with van der Waals surface area (Å²) in [5.41, 5.74) is 2.40. The molecule has 172 valence electrons. The third-order valence-electron chi connectivity index (χ3n) is 4.95. The lowest BCUT2D eigenvalue weighted by Gasteiger charge is -2.25. The standard InChI is InChI=1S/C22H19F2N5O2.C2H6/c1-12-7-26-19-6-20(31-4)15(14-8-27-28(3)11-14)5-16(19)21(12)29(13(2)30)22-17(23)9-25-10-18(22)24;1-2/h5-11H,1-4H3;1-2H3. The molecule has 0 aliphatic heterocycles. The molecule has 7 nitrogen and oxygen atoms in total. The van der Waals surface area contributed by atoms with Crippen molar-refractivity contribution in [2.24, 2.45) is 7.05 Å². The lowest BCUT2D eigenvalue weighted by atomic mass is 10.0. The molecule has 0 aliphatic rings. The fourth-order valence-corrected chi connectivity index (χ4v) is 3.60. The highest BCUT2D eigenvalue weighted by molar-refractivity contribution is 6.09. The number of halogens is 2. The minimum Gasteiger partial charge on any atom is -0.496 e. The van der Waals surface area contributed by atoms with E-state index in [4.69, 9.17) is 4.74 Å². The minimum absolute atomic E-state index is 0.328. The van der Waals surface area contributed by atoms with Crippen LogP contribution in [0, 0.1) is 18.6 Å². The quantitative estimate of drug-likeness (QED) is 0.417. The molecule has 1 aromatic carbocycles. The highest BCUT2D eigenvalue weighted by Crippen LogP contribution is 2.41. The minimum atomic E-state index is -0.944. The van der Waals surface area contributed by atoms with Gasteiger partial charge >= 0.3 is 0 Å². The molecule has 0 fully saturated rings. The Kier molecular flexibility index (Phi) is 7.01. The first-order chi connectivity index (χ1) is 15.8. The molecule has 0 N–H and O–H groups in total. The topological polar surface area (TPSA) is 73.1 Å². The van der Waals surface area contributed by atoms with Gasteiger partial charge in [0.2, 0.25) is 5.91 Å². The Labute approximate surface area is 190 Å². The van der Waals surface area contributed by atoms with Crippen molar-refractivity contribution >= 4 is 28.2 Å². The molecule has 3 aromatic heterocycles. The van der Waals surface area contributed by atoms with Gasteiger partial charge in [-0.1, -0.05) is 13.8 Å². The van der Waals surface area contributed by atoms with E-state index in [0.29, 0.717) is 33.5 Å². The Morgan fingerprint density at radius 3 is 2.27 bits per heavy atom. The molecule has 0 radical (unpaired) electrons. The number of anilines is 2. The van der Waals surface area contributed by atoms with Crippen LogP contribution >= 0.6 is 0 Å². The average Bonchev–Trinajstić information content (AvgIpc) is 3.23. The van der Waals surface area contributed by atoms with Crippen molar-refractivity contribution < 1.29 is 18.3 Å². The number of amides is 1. The molecule has 9 heteroatoms. The molecular weight excluding hydrogens is 428 g/mol. The second-order valence-electron chi connectivity index (χ2n) is 7.07. The fourth-order valence-electron chi connectivity index (χ4n) is 3.60. The molecule has 3 heterocycles. The summed E-state index contributed by atoms with van der Waals surface area (Å²) in [5.74, 6) is -1.89. The second kappa shape index (κ2) is 9.72. The number of rotatable bonds is 4. The van der Waals surface area contributed by atoms with Crippen molar-refractivity contribution in [3.05, 3.63) is 60.3 Å². The van der Waals surface area contributed by atoms with E-state index in [-0.39, 0.29) is 0 Å². The molecule has 0 spiro atoms. The van der Waals surface area contributed by atoms with Crippen molar-refractivity contribution in [1.29, 1.82) is 0 Å². The summed E-state index contributed by atoms with van der Waals surface area (Å²) >= 11 is 0. The maximum Gasteiger partial charge on any atom is 0.228 e. The van der Waals surface area contributed by atoms with Gasteiger partial charge in [0, 0.05) is 48.9 Å². The van der Waals surface area contributed by atoms with Gasteiger partial charge in [-0.25, -0.2) is 8.78 Å². The molecule has 0 unspecified atom stereocenters. The Balaban J connectivity index is 0.00000149. The van der Waals surface area contributed by atoms with Crippen LogP contribution in [0.1, 0.15) is 26.3 Å². The number of hydrogen-bond donors (Lipinski definition) is 0. The highest BCUT2D eigenvalue weighted by Gasteiger charge is 2.26. The van der Waals surface area contributed by atoms with Gasteiger partial charge in [0.1, 0.15) is 11.4 Å². The van der Waals surface area contributed by atoms with Gasteiger partial charge in [-0.2, -0.15) is 5.10 Å². The summed E-state index contributed by atoms with van der Waals surface area (Å²) in [6.45, 7) is 6.97. The number of carbonyl (C=O) groups excluding carboxylic acids is 1. The Hall–Kier alpha value is -3.88. The Morgan fingerprint density at radius 1 is 1.06 bits per heavy atom. The summed E-state index contributed by atoms with van der Waals surface area (Å²) in [7, 11) is 3.33. The molecule has 0 bridgehead atoms. The molecule has 1 amide bonds. The molecule has 0 atom stereocenters. The van der Waals surface area contributed by atoms with Gasteiger partial charge in [0.15, 0.2) is 11.6 Å². The van der Waals surface area contributed by atoms with Crippen LogP contribution < -0.4 is 9.64 Å². The number of aromatic nitrogens is 4. The van der Waals surface area contributed by atoms with E-state index in [1.54, 1.807) is 50.3 Å². The van der Waals surface area contributed by atoms with Crippen LogP contribution in [0.4, 0.5) is 20.2 Å². The van der Waals surface area contributed by atoms with Gasteiger partial charge < -0.3 is 4.74 Å². The van der Waals surface area contributed by atoms with Crippen molar-refractivity contribution in [3.63, 3.8) is 0 Å². The van der Waals surface area contributed by atoms with E-state index in [1.165, 1.54) is 6.92 Å². The predicted molar refractivity (Wildman–Crippen MR) is 124 cm³/mol. The van der Waals surface area contributed by atoms with Crippen LogP contribution in [0.5, 0.6) is 5.75 Å². The zero-order valence-electron chi connectivity index (χ0n) is 19.3. The lowest BCUT2D eigenvalue weighted by Crippen LogP contribution is -2.26. The fraction of sp³-hybridized carbons (Fsp3) is 0.250. The van der Waals surface area contributed by atoms with Gasteiger partial charge in [-0.05, 0) is 18.6 Å². The van der Waals surface area contributed by atoms with Gasteiger partial charge in [0.05, 0.1) is 36.9 Å². The summed E-state index contributed by atoms with van der Waals surface area (Å²) in [5, 5.41) is 4.73. The number of carbonyl (C=O) groups is 1. The van der Waals surface area contributed by atoms with Gasteiger partial charge in [-0.3, -0.25) is 24.3 Å². The predicted octanol–water partition coefficient (Wildman–Crippen LogP) is 5.34. The van der Waals surface area contributed by atoms with E-state index in [2.05, 4.69) is 15.1 Å². The first-order valence-electron chi connectivity index (χ1n) is 10.4. The largest absolute Gasteiger partial charge is 0.496 e. The van der Waals surface area contributed by atoms with Crippen LogP contribution in [-0.2, 0) is 11.8 Å². The van der Waals surface area contributed by atoms with Crippen LogP contribution in [0.25, 0.3) is 22.0 Å². The second-order valence-corrected chi connectivity index (χ2v) is 7.07. The normalized spacial score (nSPS) is 10.5. The SMILES string of the molecule is CC.COc1cc2ncc(C)c(N(C(C)=O)c3c(F)cncc3F)c2cc1-c1cnn(C)c1. The lowest BCUT2D eigenvalue weighted by molar-refractivity contribution is -0.115. The van der Waals surface area contributed by atoms with Crippen LogP contribution in [0.15, 0.2) is 43.1 Å². The summed E-state index contributed by atoms with van der Waals surface area (Å²) < 4.78 is 36.4. The van der Waals surface area contributed by atoms with E-state index in [9.17, 15) is 13.6 Å². The molecule has 0 saturated heterocycles. The Morgan fingerprint density at radius 2 is 1.73 bits per heavy atom. The van der Waals surface area contributed by atoms with Crippen LogP contribution in [-0.4, -0.2) is 32.8 Å². The summed E-state index contributed by atoms with van der Waals surface area (Å²) in [6.07, 6.45) is 6.79. The smallest absolute Gasteiger partial charge is 0.228 e. The third-order valence-corrected chi connectivity index (χ3v) is 4.95. The van der Waals surface area contributed by atoms with Crippen molar-refractivity contribution in [2.45, 2.75) is 27.7 Å². The first kappa shape index (κ1) is 23.8. The van der Waals surface area contributed by atoms with Gasteiger partial charge in [0.25, 0.3) is 0 Å². The first-order valence-corrected chi connectivity index (χ1v) is 10.4. The number of benzene rings is 1. The number of aryl methyl sites for hydroxylation is 2. The maximum atomic E-state index is 14.6. The van der Waals surface area contributed by atoms with E-state index < -0.39 is 23.2 Å². The van der Waals surface area contributed by atoms with Crippen molar-refractivity contribution in [3.8, 4) is 16.9 Å². The molecule has 4 rings (SSSR count).